The number of esters is 1. The maximum atomic E-state index is 12.6. The van der Waals surface area contributed by atoms with Crippen LogP contribution in [0.2, 0.25) is 0 Å². The van der Waals surface area contributed by atoms with Crippen molar-refractivity contribution in [1.82, 2.24) is 0 Å². The van der Waals surface area contributed by atoms with Crippen LogP contribution in [0.15, 0.2) is 96.8 Å². The van der Waals surface area contributed by atoms with Gasteiger partial charge in [0.2, 0.25) is 5.78 Å². The number of allylic oxidation sites excluding steroid dienone is 3. The summed E-state index contributed by atoms with van der Waals surface area (Å²) in [6.45, 7) is 0. The number of ketones is 1. The summed E-state index contributed by atoms with van der Waals surface area (Å²) in [5.74, 6) is 0.824. The van der Waals surface area contributed by atoms with Crippen molar-refractivity contribution in [1.29, 1.82) is 0 Å². The Hall–Kier alpha value is -4.38. The summed E-state index contributed by atoms with van der Waals surface area (Å²) in [4.78, 5) is 24.7. The van der Waals surface area contributed by atoms with Gasteiger partial charge in [0.25, 0.3) is 0 Å². The molecule has 1 heterocycles. The van der Waals surface area contributed by atoms with E-state index in [2.05, 4.69) is 0 Å². The molecule has 3 aromatic rings. The van der Waals surface area contributed by atoms with E-state index < -0.39 is 5.97 Å². The summed E-state index contributed by atoms with van der Waals surface area (Å²) in [6, 6.07) is 21.7. The summed E-state index contributed by atoms with van der Waals surface area (Å²) in [5.41, 5.74) is 2.19. The van der Waals surface area contributed by atoms with E-state index in [4.69, 9.17) is 14.2 Å². The number of rotatable bonds is 6. The predicted octanol–water partition coefficient (Wildman–Crippen LogP) is 5.49. The van der Waals surface area contributed by atoms with Crippen LogP contribution in [0.1, 0.15) is 21.5 Å². The number of carbonyl (C=O) groups is 2. The van der Waals surface area contributed by atoms with Crippen LogP contribution in [0, 0.1) is 0 Å². The third kappa shape index (κ3) is 4.84. The second kappa shape index (κ2) is 9.62. The molecule has 0 saturated carbocycles. The maximum Gasteiger partial charge on any atom is 0.336 e. The Bertz CT molecular complexity index is 1240. The Kier molecular flexibility index (Phi) is 6.28. The van der Waals surface area contributed by atoms with Gasteiger partial charge in [-0.25, -0.2) is 4.79 Å². The zero-order valence-electron chi connectivity index (χ0n) is 17.4. The van der Waals surface area contributed by atoms with E-state index >= 15 is 0 Å². The Morgan fingerprint density at radius 1 is 0.938 bits per heavy atom. The Balaban J connectivity index is 1.44. The Labute approximate surface area is 185 Å². The van der Waals surface area contributed by atoms with Gasteiger partial charge in [0, 0.05) is 17.7 Å². The summed E-state index contributed by atoms with van der Waals surface area (Å²) >= 11 is 0. The van der Waals surface area contributed by atoms with E-state index in [1.807, 2.05) is 60.7 Å². The monoisotopic (exact) mass is 424 g/mol. The van der Waals surface area contributed by atoms with Gasteiger partial charge in [-0.2, -0.15) is 0 Å². The number of benzene rings is 3. The number of para-hydroxylation sites is 1. The molecule has 1 aliphatic heterocycles. The number of methoxy groups -OCH3 is 1. The minimum Gasteiger partial charge on any atom is -0.496 e. The van der Waals surface area contributed by atoms with E-state index in [1.165, 1.54) is 12.1 Å². The summed E-state index contributed by atoms with van der Waals surface area (Å²) in [6.07, 6.45) is 8.18. The molecule has 0 aromatic heterocycles. The molecule has 0 N–H and O–H groups in total. The van der Waals surface area contributed by atoms with Gasteiger partial charge < -0.3 is 14.2 Å². The van der Waals surface area contributed by atoms with Gasteiger partial charge in [0.15, 0.2) is 5.76 Å². The lowest BCUT2D eigenvalue weighted by atomic mass is 10.1. The Morgan fingerprint density at radius 3 is 2.53 bits per heavy atom. The third-order valence-corrected chi connectivity index (χ3v) is 4.73. The normalized spacial score (nSPS) is 14.0. The number of Topliss-reactive ketones (excluding diaryl/α,β-unsaturated/α-hetero) is 1. The molecule has 0 amide bonds. The quantitative estimate of drug-likeness (QED) is 0.298. The molecule has 3 aromatic carbocycles. The fraction of sp³-hybridized carbons (Fsp3) is 0.0370. The summed E-state index contributed by atoms with van der Waals surface area (Å²) in [5, 5.41) is 0. The molecule has 0 unspecified atom stereocenters. The fourth-order valence-corrected chi connectivity index (χ4v) is 3.17. The molecule has 0 aliphatic carbocycles. The minimum atomic E-state index is -0.520. The van der Waals surface area contributed by atoms with Gasteiger partial charge in [0.05, 0.1) is 12.7 Å². The Morgan fingerprint density at radius 2 is 1.72 bits per heavy atom. The van der Waals surface area contributed by atoms with Gasteiger partial charge in [-0.15, -0.1) is 0 Å². The molecule has 0 saturated heterocycles. The highest BCUT2D eigenvalue weighted by molar-refractivity contribution is 6.12. The van der Waals surface area contributed by atoms with Crippen molar-refractivity contribution in [3.8, 4) is 17.2 Å². The van der Waals surface area contributed by atoms with Gasteiger partial charge in [-0.1, -0.05) is 60.7 Å². The van der Waals surface area contributed by atoms with Crippen LogP contribution in [-0.4, -0.2) is 18.9 Å². The SMILES string of the molecule is COc1ccccc1/C=C/C=C1\Oc2cc(OC(=O)/C=C/c3ccccc3)ccc2C1=O. The van der Waals surface area contributed by atoms with Crippen molar-refractivity contribution >= 4 is 23.9 Å². The number of fused-ring (bicyclic) bond motifs is 1. The lowest BCUT2D eigenvalue weighted by molar-refractivity contribution is -0.128. The number of ether oxygens (including phenoxy) is 3. The lowest BCUT2D eigenvalue weighted by Gasteiger charge is -2.03. The molecule has 0 bridgehead atoms. The van der Waals surface area contributed by atoms with Gasteiger partial charge in [-0.3, -0.25) is 4.79 Å². The van der Waals surface area contributed by atoms with Crippen LogP contribution in [-0.2, 0) is 4.79 Å². The number of hydrogen-bond acceptors (Lipinski definition) is 5. The predicted molar refractivity (Wildman–Crippen MR) is 123 cm³/mol. The van der Waals surface area contributed by atoms with Gasteiger partial charge in [0.1, 0.15) is 17.2 Å². The van der Waals surface area contributed by atoms with Crippen molar-refractivity contribution in [2.75, 3.05) is 7.11 Å². The molecule has 158 valence electrons. The highest BCUT2D eigenvalue weighted by Crippen LogP contribution is 2.34. The second-order valence-corrected chi connectivity index (χ2v) is 6.89. The molecule has 4 rings (SSSR count). The highest BCUT2D eigenvalue weighted by atomic mass is 16.5. The van der Waals surface area contributed by atoms with Crippen LogP contribution in [0.3, 0.4) is 0 Å². The maximum absolute atomic E-state index is 12.6. The first kappa shape index (κ1) is 20.9. The first-order chi connectivity index (χ1) is 15.6. The van der Waals surface area contributed by atoms with E-state index in [9.17, 15) is 9.59 Å². The molecule has 5 heteroatoms. The largest absolute Gasteiger partial charge is 0.496 e. The second-order valence-electron chi connectivity index (χ2n) is 6.89. The smallest absolute Gasteiger partial charge is 0.336 e. The number of carbonyl (C=O) groups excluding carboxylic acids is 2. The third-order valence-electron chi connectivity index (χ3n) is 4.73. The van der Waals surface area contributed by atoms with Gasteiger partial charge in [-0.05, 0) is 35.9 Å². The molecule has 32 heavy (non-hydrogen) atoms. The fourth-order valence-electron chi connectivity index (χ4n) is 3.17. The molecule has 1 aliphatic rings. The van der Waals surface area contributed by atoms with Crippen molar-refractivity contribution in [2.24, 2.45) is 0 Å². The van der Waals surface area contributed by atoms with Crippen molar-refractivity contribution < 1.29 is 23.8 Å². The summed E-state index contributed by atoms with van der Waals surface area (Å²) in [7, 11) is 1.60. The van der Waals surface area contributed by atoms with Crippen molar-refractivity contribution in [3.63, 3.8) is 0 Å². The van der Waals surface area contributed by atoms with Crippen LogP contribution < -0.4 is 14.2 Å². The van der Waals surface area contributed by atoms with Crippen LogP contribution >= 0.6 is 0 Å². The van der Waals surface area contributed by atoms with Crippen molar-refractivity contribution in [3.05, 3.63) is 113 Å². The molecule has 5 nitrogen and oxygen atoms in total. The standard InChI is InChI=1S/C27H20O5/c1-30-23-12-6-5-10-20(23)11-7-13-24-27(29)22-16-15-21(18-25(22)32-24)31-26(28)17-14-19-8-3-2-4-9-19/h2-18H,1H3/b11-7+,17-14+,24-13-. The molecule has 0 spiro atoms. The molecule has 0 radical (unpaired) electrons. The highest BCUT2D eigenvalue weighted by Gasteiger charge is 2.27. The minimum absolute atomic E-state index is 0.193. The lowest BCUT2D eigenvalue weighted by Crippen LogP contribution is -2.03. The van der Waals surface area contributed by atoms with E-state index in [1.54, 1.807) is 37.5 Å². The van der Waals surface area contributed by atoms with Crippen LogP contribution in [0.5, 0.6) is 17.2 Å². The van der Waals surface area contributed by atoms with Crippen molar-refractivity contribution in [2.45, 2.75) is 0 Å². The molecule has 0 atom stereocenters. The molecule has 0 fully saturated rings. The van der Waals surface area contributed by atoms with Crippen LogP contribution in [0.25, 0.3) is 12.2 Å². The topological polar surface area (TPSA) is 61.8 Å². The zero-order chi connectivity index (χ0) is 22.3. The molecular formula is C27H20O5. The first-order valence-corrected chi connectivity index (χ1v) is 9.97. The van der Waals surface area contributed by atoms with E-state index in [0.717, 1.165) is 16.9 Å². The summed E-state index contributed by atoms with van der Waals surface area (Å²) < 4.78 is 16.3. The van der Waals surface area contributed by atoms with Crippen LogP contribution in [0.4, 0.5) is 0 Å². The molecular weight excluding hydrogens is 404 g/mol. The first-order valence-electron chi connectivity index (χ1n) is 9.97. The average Bonchev–Trinajstić information content (AvgIpc) is 3.13. The van der Waals surface area contributed by atoms with E-state index in [-0.39, 0.29) is 11.5 Å². The average molecular weight is 424 g/mol. The zero-order valence-corrected chi connectivity index (χ0v) is 17.4. The van der Waals surface area contributed by atoms with Gasteiger partial charge >= 0.3 is 5.97 Å². The van der Waals surface area contributed by atoms with E-state index in [0.29, 0.717) is 17.1 Å². The number of hydrogen-bond donors (Lipinski definition) is 0.